The number of nitrogens with two attached hydrogens (primary N) is 1. The number of hydrogen-bond donors (Lipinski definition) is 3. The Kier molecular flexibility index (Phi) is 5.86. The van der Waals surface area contributed by atoms with Gasteiger partial charge in [0.1, 0.15) is 0 Å². The second kappa shape index (κ2) is 7.16. The van der Waals surface area contributed by atoms with Gasteiger partial charge < -0.3 is 16.0 Å². The van der Waals surface area contributed by atoms with Crippen molar-refractivity contribution in [3.8, 4) is 0 Å². The van der Waals surface area contributed by atoms with Crippen molar-refractivity contribution in [2.45, 2.75) is 19.3 Å². The Balaban J connectivity index is 0.00000180. The Morgan fingerprint density at radius 3 is 2.84 bits per heavy atom. The van der Waals surface area contributed by atoms with Crippen molar-refractivity contribution in [3.63, 3.8) is 0 Å². The van der Waals surface area contributed by atoms with E-state index >= 15 is 0 Å². The van der Waals surface area contributed by atoms with Gasteiger partial charge in [-0.3, -0.25) is 4.79 Å². The molecule has 0 saturated heterocycles. The van der Waals surface area contributed by atoms with Gasteiger partial charge in [0.25, 0.3) is 0 Å². The van der Waals surface area contributed by atoms with E-state index in [9.17, 15) is 4.79 Å². The number of aromatic amines is 1. The molecule has 0 aliphatic rings. The van der Waals surface area contributed by atoms with Gasteiger partial charge in [-0.1, -0.05) is 6.07 Å². The van der Waals surface area contributed by atoms with Crippen LogP contribution in [0.25, 0.3) is 10.9 Å². The van der Waals surface area contributed by atoms with Gasteiger partial charge in [0.15, 0.2) is 0 Å². The van der Waals surface area contributed by atoms with Crippen molar-refractivity contribution >= 4 is 29.2 Å². The van der Waals surface area contributed by atoms with Crippen LogP contribution in [0.5, 0.6) is 0 Å². The van der Waals surface area contributed by atoms with Gasteiger partial charge in [0.05, 0.1) is 0 Å². The average Bonchev–Trinajstić information content (AvgIpc) is 2.79. The van der Waals surface area contributed by atoms with Gasteiger partial charge in [-0.15, -0.1) is 12.4 Å². The molecule has 0 fully saturated rings. The largest absolute Gasteiger partial charge is 0.361 e. The molecule has 2 aromatic rings. The fourth-order valence-electron chi connectivity index (χ4n) is 2.13. The van der Waals surface area contributed by atoms with E-state index in [1.54, 1.807) is 7.05 Å². The first-order valence-corrected chi connectivity index (χ1v) is 6.24. The molecule has 0 radical (unpaired) electrons. The number of halogens is 1. The van der Waals surface area contributed by atoms with Crippen LogP contribution in [-0.2, 0) is 17.6 Å². The molecule has 1 heterocycles. The Hall–Kier alpha value is -1.52. The molecule has 0 atom stereocenters. The quantitative estimate of drug-likeness (QED) is 0.782. The number of H-pyrrole nitrogens is 1. The third kappa shape index (κ3) is 3.72. The highest BCUT2D eigenvalue weighted by Crippen LogP contribution is 2.20. The molecule has 0 spiro atoms. The number of carbonyl (C=O) groups is 1. The molecule has 5 heteroatoms. The molecule has 4 N–H and O–H groups in total. The van der Waals surface area contributed by atoms with E-state index in [0.717, 1.165) is 18.4 Å². The number of fused-ring (bicyclic) bond motifs is 1. The molecule has 2 rings (SSSR count). The number of aromatic nitrogens is 1. The van der Waals surface area contributed by atoms with E-state index in [1.165, 1.54) is 16.5 Å². The van der Waals surface area contributed by atoms with E-state index in [2.05, 4.69) is 28.5 Å². The van der Waals surface area contributed by atoms with Crippen molar-refractivity contribution in [2.75, 3.05) is 13.6 Å². The van der Waals surface area contributed by atoms with E-state index in [1.807, 2.05) is 6.20 Å². The van der Waals surface area contributed by atoms with Gasteiger partial charge >= 0.3 is 0 Å². The molecule has 0 saturated carbocycles. The van der Waals surface area contributed by atoms with Crippen LogP contribution >= 0.6 is 12.4 Å². The topological polar surface area (TPSA) is 70.9 Å². The molecule has 0 bridgehead atoms. The number of aryl methyl sites for hydroxylation is 1. The van der Waals surface area contributed by atoms with Crippen molar-refractivity contribution in [3.05, 3.63) is 35.5 Å². The monoisotopic (exact) mass is 281 g/mol. The first-order valence-electron chi connectivity index (χ1n) is 6.24. The molecule has 1 amide bonds. The number of nitrogens with one attached hydrogen (secondary N) is 2. The minimum atomic E-state index is 0. The molecule has 0 unspecified atom stereocenters. The summed E-state index contributed by atoms with van der Waals surface area (Å²) in [5.41, 5.74) is 9.15. The van der Waals surface area contributed by atoms with Crippen LogP contribution in [0, 0.1) is 0 Å². The maximum absolute atomic E-state index is 11.2. The summed E-state index contributed by atoms with van der Waals surface area (Å²) in [6, 6.07) is 6.28. The van der Waals surface area contributed by atoms with E-state index in [-0.39, 0.29) is 18.3 Å². The summed E-state index contributed by atoms with van der Waals surface area (Å²) in [4.78, 5) is 14.5. The molecule has 1 aromatic carbocycles. The molecular formula is C14H20ClN3O. The summed E-state index contributed by atoms with van der Waals surface area (Å²) in [7, 11) is 1.66. The Morgan fingerprint density at radius 2 is 2.16 bits per heavy atom. The molecule has 4 nitrogen and oxygen atoms in total. The molecule has 104 valence electrons. The van der Waals surface area contributed by atoms with Crippen LogP contribution in [0.3, 0.4) is 0 Å². The van der Waals surface area contributed by atoms with E-state index < -0.39 is 0 Å². The Bertz CT molecular complexity index is 551. The predicted molar refractivity (Wildman–Crippen MR) is 80.7 cm³/mol. The van der Waals surface area contributed by atoms with E-state index in [4.69, 9.17) is 5.73 Å². The summed E-state index contributed by atoms with van der Waals surface area (Å²) in [5, 5.41) is 3.85. The zero-order valence-corrected chi connectivity index (χ0v) is 11.8. The lowest BCUT2D eigenvalue weighted by Crippen LogP contribution is -2.17. The van der Waals surface area contributed by atoms with Crippen LogP contribution in [0.15, 0.2) is 24.4 Å². The van der Waals surface area contributed by atoms with Crippen LogP contribution in [-0.4, -0.2) is 24.5 Å². The predicted octanol–water partition coefficient (Wildman–Crippen LogP) is 1.77. The first-order chi connectivity index (χ1) is 8.74. The fraction of sp³-hybridized carbons (Fsp3) is 0.357. The molecular weight excluding hydrogens is 262 g/mol. The van der Waals surface area contributed by atoms with Gasteiger partial charge in [-0.2, -0.15) is 0 Å². The van der Waals surface area contributed by atoms with E-state index in [0.29, 0.717) is 13.0 Å². The zero-order valence-electron chi connectivity index (χ0n) is 11.0. The van der Waals surface area contributed by atoms with Gasteiger partial charge in [0.2, 0.25) is 5.91 Å². The Labute approximate surface area is 119 Å². The highest BCUT2D eigenvalue weighted by molar-refractivity contribution is 5.85. The fourth-order valence-corrected chi connectivity index (χ4v) is 2.13. The number of amides is 1. The molecule has 0 aliphatic carbocycles. The van der Waals surface area contributed by atoms with Gasteiger partial charge in [0, 0.05) is 30.6 Å². The highest BCUT2D eigenvalue weighted by Gasteiger charge is 2.05. The van der Waals surface area contributed by atoms with Crippen LogP contribution < -0.4 is 11.1 Å². The maximum Gasteiger partial charge on any atom is 0.220 e. The molecule has 1 aromatic heterocycles. The lowest BCUT2D eigenvalue weighted by Gasteiger charge is -2.03. The SMILES string of the molecule is CNC(=O)CCc1ccc2[nH]cc(CCN)c2c1.Cl. The second-order valence-corrected chi connectivity index (χ2v) is 4.41. The van der Waals surface area contributed by atoms with Gasteiger partial charge in [-0.05, 0) is 42.6 Å². The van der Waals surface area contributed by atoms with Crippen molar-refractivity contribution < 1.29 is 4.79 Å². The van der Waals surface area contributed by atoms with Crippen LogP contribution in [0.2, 0.25) is 0 Å². The second-order valence-electron chi connectivity index (χ2n) is 4.41. The van der Waals surface area contributed by atoms with Gasteiger partial charge in [-0.25, -0.2) is 0 Å². The Morgan fingerprint density at radius 1 is 1.37 bits per heavy atom. The smallest absolute Gasteiger partial charge is 0.220 e. The van der Waals surface area contributed by atoms with Crippen LogP contribution in [0.1, 0.15) is 17.5 Å². The summed E-state index contributed by atoms with van der Waals surface area (Å²) in [6.45, 7) is 0.648. The minimum Gasteiger partial charge on any atom is -0.361 e. The minimum absolute atomic E-state index is 0. The molecule has 19 heavy (non-hydrogen) atoms. The third-order valence-electron chi connectivity index (χ3n) is 3.17. The van der Waals surface area contributed by atoms with Crippen molar-refractivity contribution in [2.24, 2.45) is 5.73 Å². The zero-order chi connectivity index (χ0) is 13.0. The average molecular weight is 282 g/mol. The normalized spacial score (nSPS) is 10.2. The number of rotatable bonds is 5. The van der Waals surface area contributed by atoms with Crippen LogP contribution in [0.4, 0.5) is 0 Å². The standard InChI is InChI=1S/C14H19N3O.ClH/c1-16-14(18)5-3-10-2-4-13-12(8-10)11(6-7-15)9-17-13;/h2,4,8-9,17H,3,5-7,15H2,1H3,(H,16,18);1H. The first kappa shape index (κ1) is 15.5. The highest BCUT2D eigenvalue weighted by atomic mass is 35.5. The number of hydrogen-bond acceptors (Lipinski definition) is 2. The third-order valence-corrected chi connectivity index (χ3v) is 3.17. The lowest BCUT2D eigenvalue weighted by atomic mass is 10.0. The summed E-state index contributed by atoms with van der Waals surface area (Å²) < 4.78 is 0. The summed E-state index contributed by atoms with van der Waals surface area (Å²) >= 11 is 0. The summed E-state index contributed by atoms with van der Waals surface area (Å²) in [5.74, 6) is 0.0753. The van der Waals surface area contributed by atoms with Crippen molar-refractivity contribution in [1.82, 2.24) is 10.3 Å². The number of carbonyl (C=O) groups excluding carboxylic acids is 1. The lowest BCUT2D eigenvalue weighted by molar-refractivity contribution is -0.120. The number of benzene rings is 1. The molecule has 0 aliphatic heterocycles. The maximum atomic E-state index is 11.2. The van der Waals surface area contributed by atoms with Crippen molar-refractivity contribution in [1.29, 1.82) is 0 Å². The summed E-state index contributed by atoms with van der Waals surface area (Å²) in [6.07, 6.45) is 4.18.